The predicted molar refractivity (Wildman–Crippen MR) is 87.8 cm³/mol. The van der Waals surface area contributed by atoms with Crippen molar-refractivity contribution >= 4 is 25.2 Å². The molecule has 1 N–H and O–H groups in total. The molecule has 0 bridgehead atoms. The van der Waals surface area contributed by atoms with Crippen LogP contribution >= 0.6 is 0 Å². The van der Waals surface area contributed by atoms with Gasteiger partial charge in [0.2, 0.25) is 0 Å². The third-order valence-electron chi connectivity index (χ3n) is 3.71. The maximum absolute atomic E-state index is 13.4. The van der Waals surface area contributed by atoms with Crippen LogP contribution in [0.5, 0.6) is 0 Å². The minimum Gasteiger partial charge on any atom is -0.481 e. The van der Waals surface area contributed by atoms with Gasteiger partial charge in [0.25, 0.3) is 0 Å². The Kier molecular flexibility index (Phi) is 5.52. The third kappa shape index (κ3) is 4.40. The summed E-state index contributed by atoms with van der Waals surface area (Å²) in [6.45, 7) is 3.76. The smallest absolute Gasteiger partial charge is 0.481 e. The van der Waals surface area contributed by atoms with E-state index in [1.165, 1.54) is 0 Å². The summed E-state index contributed by atoms with van der Waals surface area (Å²) in [6.07, 6.45) is 5.10. The van der Waals surface area contributed by atoms with E-state index in [2.05, 4.69) is 4.99 Å². The fraction of sp³-hybridized carbons (Fsp3) is 0.375. The average molecular weight is 320 g/mol. The van der Waals surface area contributed by atoms with Crippen LogP contribution in [0.15, 0.2) is 34.5 Å². The van der Waals surface area contributed by atoms with Gasteiger partial charge in [-0.2, -0.15) is 0 Å². The van der Waals surface area contributed by atoms with Gasteiger partial charge in [-0.1, -0.05) is 0 Å². The van der Waals surface area contributed by atoms with Crippen LogP contribution in [-0.2, 0) is 11.2 Å². The number of carboxylic acids is 1. The largest absolute Gasteiger partial charge is 0.677 e. The Morgan fingerprint density at radius 2 is 2.09 bits per heavy atom. The second-order valence-electron chi connectivity index (χ2n) is 5.61. The highest BCUT2D eigenvalue weighted by atomic mass is 19.2. The molecular weight excluding hydrogens is 301 g/mol. The lowest BCUT2D eigenvalue weighted by Gasteiger charge is -2.09. The number of aliphatic carboxylic acids is 1. The number of hydrogen-bond acceptors (Lipinski definition) is 2. The number of aryl methyl sites for hydroxylation is 1. The number of unbranched alkanes of at least 4 members (excludes halogenated alkanes) is 1. The van der Waals surface area contributed by atoms with Crippen molar-refractivity contribution in [1.29, 1.82) is 0 Å². The topological polar surface area (TPSA) is 54.6 Å². The lowest BCUT2D eigenvalue weighted by molar-refractivity contribution is -0.137. The average Bonchev–Trinajstić information content (AvgIpc) is 2.98. The van der Waals surface area contributed by atoms with Crippen LogP contribution in [0.2, 0.25) is 0 Å². The quantitative estimate of drug-likeness (QED) is 0.613. The molecule has 0 saturated heterocycles. The monoisotopic (exact) mass is 320 g/mol. The highest BCUT2D eigenvalue weighted by Gasteiger charge is 2.23. The van der Waals surface area contributed by atoms with Gasteiger partial charge in [-0.05, 0) is 63.0 Å². The summed E-state index contributed by atoms with van der Waals surface area (Å²) in [5, 5.41) is 8.61. The number of allylic oxidation sites excluding steroid dienone is 2. The molecule has 4 nitrogen and oxygen atoms in total. The molecule has 0 fully saturated rings. The van der Waals surface area contributed by atoms with Crippen molar-refractivity contribution in [3.05, 3.63) is 40.9 Å². The summed E-state index contributed by atoms with van der Waals surface area (Å²) in [6, 6.07) is 3.33. The van der Waals surface area contributed by atoms with Crippen molar-refractivity contribution in [2.45, 2.75) is 39.5 Å². The Morgan fingerprint density at radius 3 is 2.65 bits per heavy atom. The zero-order chi connectivity index (χ0) is 17.0. The zero-order valence-corrected chi connectivity index (χ0v) is 13.2. The Bertz CT molecular complexity index is 690. The van der Waals surface area contributed by atoms with Crippen LogP contribution in [0.4, 0.5) is 8.63 Å². The van der Waals surface area contributed by atoms with E-state index in [1.54, 1.807) is 18.2 Å². The molecule has 0 saturated carbocycles. The molecule has 122 valence electrons. The predicted octanol–water partition coefficient (Wildman–Crippen LogP) is 3.82. The normalized spacial score (nSPS) is 15.7. The molecule has 0 aromatic carbocycles. The molecule has 1 aliphatic heterocycles. The molecule has 0 spiro atoms. The van der Waals surface area contributed by atoms with Gasteiger partial charge in [-0.3, -0.25) is 18.4 Å². The fourth-order valence-electron chi connectivity index (χ4n) is 2.63. The van der Waals surface area contributed by atoms with Crippen LogP contribution in [-0.4, -0.2) is 28.7 Å². The van der Waals surface area contributed by atoms with Crippen molar-refractivity contribution in [2.24, 2.45) is 4.99 Å². The highest BCUT2D eigenvalue weighted by molar-refractivity contribution is 6.41. The first-order valence-corrected chi connectivity index (χ1v) is 7.54. The van der Waals surface area contributed by atoms with Gasteiger partial charge in [-0.25, -0.2) is 0 Å². The molecule has 0 unspecified atom stereocenters. The molecule has 1 aromatic heterocycles. The lowest BCUT2D eigenvalue weighted by atomic mass is 10.1. The van der Waals surface area contributed by atoms with Crippen LogP contribution in [0.25, 0.3) is 6.08 Å². The van der Waals surface area contributed by atoms with Gasteiger partial charge in [-0.15, -0.1) is 0 Å². The lowest BCUT2D eigenvalue weighted by Crippen LogP contribution is -2.17. The second-order valence-corrected chi connectivity index (χ2v) is 5.61. The summed E-state index contributed by atoms with van der Waals surface area (Å²) < 4.78 is 27.8. The minimum absolute atomic E-state index is 0.0598. The van der Waals surface area contributed by atoms with Gasteiger partial charge in [0.05, 0.1) is 5.70 Å². The SMILES string of the molecule is CC1=CC(C)=N/C1=C\c1ccc(CCCCC(=O)O)n1B(F)F. The van der Waals surface area contributed by atoms with Gasteiger partial charge in [0, 0.05) is 23.5 Å². The van der Waals surface area contributed by atoms with Crippen LogP contribution in [0, 0.1) is 0 Å². The van der Waals surface area contributed by atoms with E-state index in [0.29, 0.717) is 36.3 Å². The van der Waals surface area contributed by atoms with Crippen LogP contribution < -0.4 is 0 Å². The molecule has 7 heteroatoms. The van der Waals surface area contributed by atoms with E-state index in [9.17, 15) is 13.4 Å². The van der Waals surface area contributed by atoms with Gasteiger partial charge < -0.3 is 9.58 Å². The number of hydrogen-bond donors (Lipinski definition) is 1. The number of rotatable bonds is 7. The number of halogens is 2. The summed E-state index contributed by atoms with van der Waals surface area (Å²) in [5.74, 6) is -0.864. The second kappa shape index (κ2) is 7.39. The van der Waals surface area contributed by atoms with Crippen molar-refractivity contribution in [3.63, 3.8) is 0 Å². The summed E-state index contributed by atoms with van der Waals surface area (Å²) in [4.78, 5) is 14.8. The van der Waals surface area contributed by atoms with Gasteiger partial charge >= 0.3 is 13.4 Å². The highest BCUT2D eigenvalue weighted by Crippen LogP contribution is 2.24. The first-order valence-electron chi connectivity index (χ1n) is 7.54. The molecule has 1 aliphatic rings. The molecule has 0 aliphatic carbocycles. The zero-order valence-electron chi connectivity index (χ0n) is 13.2. The maximum Gasteiger partial charge on any atom is 0.677 e. The molecule has 0 amide bonds. The standard InChI is InChI=1S/C16H19BF2N2O2/c1-11-9-12(2)20-15(11)10-14-8-7-13(21(14)17(18)19)5-3-4-6-16(22)23/h7-10H,3-6H2,1-2H3,(H,22,23)/b15-10-. The summed E-state index contributed by atoms with van der Waals surface area (Å²) >= 11 is 0. The Balaban J connectivity index is 2.17. The minimum atomic E-state index is -2.64. The van der Waals surface area contributed by atoms with Crippen molar-refractivity contribution in [1.82, 2.24) is 4.48 Å². The van der Waals surface area contributed by atoms with E-state index in [4.69, 9.17) is 5.11 Å². The molecule has 0 radical (unpaired) electrons. The number of carboxylic acid groups (broad SMARTS) is 1. The van der Waals surface area contributed by atoms with E-state index < -0.39 is 13.4 Å². The van der Waals surface area contributed by atoms with E-state index in [-0.39, 0.29) is 6.42 Å². The number of nitrogens with zero attached hydrogens (tertiary/aromatic N) is 2. The van der Waals surface area contributed by atoms with Crippen LogP contribution in [0.3, 0.4) is 0 Å². The number of carbonyl (C=O) groups is 1. The van der Waals surface area contributed by atoms with Crippen molar-refractivity contribution < 1.29 is 18.5 Å². The third-order valence-corrected chi connectivity index (χ3v) is 3.71. The first kappa shape index (κ1) is 17.2. The van der Waals surface area contributed by atoms with E-state index >= 15 is 0 Å². The fourth-order valence-corrected chi connectivity index (χ4v) is 2.63. The Hall–Kier alpha value is -2.18. The Morgan fingerprint density at radius 1 is 1.35 bits per heavy atom. The van der Waals surface area contributed by atoms with Crippen LogP contribution in [0.1, 0.15) is 44.5 Å². The summed E-state index contributed by atoms with van der Waals surface area (Å²) in [5.41, 5.74) is 3.43. The number of aromatic nitrogens is 1. The maximum atomic E-state index is 13.4. The van der Waals surface area contributed by atoms with Crippen molar-refractivity contribution in [2.75, 3.05) is 0 Å². The van der Waals surface area contributed by atoms with E-state index in [0.717, 1.165) is 15.8 Å². The number of aliphatic imine (C=N–C) groups is 1. The molecule has 2 rings (SSSR count). The van der Waals surface area contributed by atoms with Gasteiger partial charge in [0.1, 0.15) is 0 Å². The molecule has 23 heavy (non-hydrogen) atoms. The van der Waals surface area contributed by atoms with E-state index in [1.807, 2.05) is 19.9 Å². The Labute approximate surface area is 134 Å². The first-order chi connectivity index (χ1) is 10.9. The molecule has 1 aromatic rings. The van der Waals surface area contributed by atoms with Gasteiger partial charge in [0.15, 0.2) is 0 Å². The van der Waals surface area contributed by atoms with Crippen molar-refractivity contribution in [3.8, 4) is 0 Å². The summed E-state index contributed by atoms with van der Waals surface area (Å²) in [7, 11) is -2.64. The molecule has 2 heterocycles. The molecule has 0 atom stereocenters. The molecular formula is C16H19BF2N2O2.